The summed E-state index contributed by atoms with van der Waals surface area (Å²) in [5, 5.41) is 0. The summed E-state index contributed by atoms with van der Waals surface area (Å²) in [6, 6.07) is 9.16. The third-order valence-electron chi connectivity index (χ3n) is 6.21. The molecule has 0 saturated heterocycles. The van der Waals surface area contributed by atoms with Gasteiger partial charge in [-0.1, -0.05) is 135 Å². The summed E-state index contributed by atoms with van der Waals surface area (Å²) in [6.07, 6.45) is 21.4. The van der Waals surface area contributed by atoms with Crippen LogP contribution in [0.3, 0.4) is 0 Å². The Balaban J connectivity index is 2.07. The first-order chi connectivity index (χ1) is 13.2. The van der Waals surface area contributed by atoms with Gasteiger partial charge in [0.1, 0.15) is 0 Å². The van der Waals surface area contributed by atoms with E-state index in [1.54, 1.807) is 11.1 Å². The van der Waals surface area contributed by atoms with Gasteiger partial charge in [-0.2, -0.15) is 0 Å². The third kappa shape index (κ3) is 11.0. The van der Waals surface area contributed by atoms with Gasteiger partial charge in [0.25, 0.3) is 0 Å². The molecule has 0 heterocycles. The Hall–Kier alpha value is -0.780. The van der Waals surface area contributed by atoms with Gasteiger partial charge in [0.05, 0.1) is 0 Å². The summed E-state index contributed by atoms with van der Waals surface area (Å²) in [4.78, 5) is 0. The largest absolute Gasteiger partial charge is 0.0654 e. The van der Waals surface area contributed by atoms with Crippen molar-refractivity contribution in [3.8, 4) is 0 Å². The lowest BCUT2D eigenvalue weighted by molar-refractivity contribution is 0.511. The van der Waals surface area contributed by atoms with E-state index in [0.29, 0.717) is 5.92 Å². The zero-order chi connectivity index (χ0) is 19.7. The third-order valence-corrected chi connectivity index (χ3v) is 6.21. The number of hydrogen-bond donors (Lipinski definition) is 0. The van der Waals surface area contributed by atoms with Gasteiger partial charge in [0, 0.05) is 0 Å². The Morgan fingerprint density at radius 2 is 1.04 bits per heavy atom. The monoisotopic (exact) mass is 372 g/mol. The summed E-state index contributed by atoms with van der Waals surface area (Å²) in [6.45, 7) is 9.32. The van der Waals surface area contributed by atoms with E-state index in [1.807, 2.05) is 0 Å². The minimum absolute atomic E-state index is 0.641. The molecular weight excluding hydrogens is 324 g/mol. The van der Waals surface area contributed by atoms with E-state index < -0.39 is 0 Å². The fourth-order valence-corrected chi connectivity index (χ4v) is 4.40. The molecule has 27 heavy (non-hydrogen) atoms. The zero-order valence-electron chi connectivity index (χ0n) is 19.1. The zero-order valence-corrected chi connectivity index (χ0v) is 19.1. The summed E-state index contributed by atoms with van der Waals surface area (Å²) in [7, 11) is 0. The fourth-order valence-electron chi connectivity index (χ4n) is 4.40. The van der Waals surface area contributed by atoms with Crippen LogP contribution < -0.4 is 0 Å². The molecule has 0 saturated carbocycles. The molecule has 156 valence electrons. The standard InChI is InChI=1S/C27H48/c1-5-7-8-9-10-11-12-13-14-15-16-17-18-21-25(6-2)27-23-20-19-22-26(27)24(3)4/h19-20,22-25H,5-18,21H2,1-4H3. The topological polar surface area (TPSA) is 0 Å². The summed E-state index contributed by atoms with van der Waals surface area (Å²) in [5.41, 5.74) is 3.19. The van der Waals surface area contributed by atoms with Crippen LogP contribution in [0.5, 0.6) is 0 Å². The maximum atomic E-state index is 2.38. The lowest BCUT2D eigenvalue weighted by Gasteiger charge is -2.21. The highest BCUT2D eigenvalue weighted by atomic mass is 14.2. The predicted molar refractivity (Wildman–Crippen MR) is 124 cm³/mol. The predicted octanol–water partition coefficient (Wildman–Crippen LogP) is 9.78. The van der Waals surface area contributed by atoms with Gasteiger partial charge < -0.3 is 0 Å². The van der Waals surface area contributed by atoms with E-state index in [-0.39, 0.29) is 0 Å². The molecular formula is C27H48. The maximum Gasteiger partial charge on any atom is -0.0162 e. The van der Waals surface area contributed by atoms with Crippen molar-refractivity contribution < 1.29 is 0 Å². The molecule has 0 bridgehead atoms. The molecule has 0 radical (unpaired) electrons. The molecule has 1 rings (SSSR count). The van der Waals surface area contributed by atoms with E-state index in [2.05, 4.69) is 52.0 Å². The minimum Gasteiger partial charge on any atom is -0.0654 e. The Bertz CT molecular complexity index is 445. The smallest absolute Gasteiger partial charge is 0.0162 e. The second-order valence-electron chi connectivity index (χ2n) is 8.92. The molecule has 1 unspecified atom stereocenters. The molecule has 0 amide bonds. The Labute approximate surface area is 171 Å². The van der Waals surface area contributed by atoms with Crippen LogP contribution >= 0.6 is 0 Å². The molecule has 0 N–H and O–H groups in total. The van der Waals surface area contributed by atoms with Gasteiger partial charge in [-0.3, -0.25) is 0 Å². The molecule has 0 heteroatoms. The van der Waals surface area contributed by atoms with Gasteiger partial charge in [-0.15, -0.1) is 0 Å². The molecule has 1 aromatic carbocycles. The van der Waals surface area contributed by atoms with Crippen LogP contribution in [-0.4, -0.2) is 0 Å². The maximum absolute atomic E-state index is 2.38. The molecule has 0 fully saturated rings. The first kappa shape index (κ1) is 24.3. The molecule has 0 nitrogen and oxygen atoms in total. The highest BCUT2D eigenvalue weighted by Gasteiger charge is 2.14. The van der Waals surface area contributed by atoms with E-state index in [4.69, 9.17) is 0 Å². The Morgan fingerprint density at radius 1 is 0.593 bits per heavy atom. The van der Waals surface area contributed by atoms with Crippen molar-refractivity contribution in [2.45, 2.75) is 136 Å². The summed E-state index contributed by atoms with van der Waals surface area (Å²) < 4.78 is 0. The van der Waals surface area contributed by atoms with E-state index in [9.17, 15) is 0 Å². The number of hydrogen-bond acceptors (Lipinski definition) is 0. The van der Waals surface area contributed by atoms with Crippen LogP contribution in [0.2, 0.25) is 0 Å². The van der Waals surface area contributed by atoms with Crippen molar-refractivity contribution in [3.63, 3.8) is 0 Å². The highest BCUT2D eigenvalue weighted by Crippen LogP contribution is 2.32. The molecule has 1 aromatic rings. The van der Waals surface area contributed by atoms with Gasteiger partial charge in [0.15, 0.2) is 0 Å². The van der Waals surface area contributed by atoms with Crippen molar-refractivity contribution in [2.24, 2.45) is 0 Å². The first-order valence-corrected chi connectivity index (χ1v) is 12.3. The van der Waals surface area contributed by atoms with E-state index >= 15 is 0 Å². The van der Waals surface area contributed by atoms with Gasteiger partial charge in [-0.05, 0) is 35.8 Å². The molecule has 0 aliphatic heterocycles. The lowest BCUT2D eigenvalue weighted by Crippen LogP contribution is -2.03. The number of benzene rings is 1. The second-order valence-corrected chi connectivity index (χ2v) is 8.92. The summed E-state index contributed by atoms with van der Waals surface area (Å²) >= 11 is 0. The summed E-state index contributed by atoms with van der Waals surface area (Å²) in [5.74, 6) is 1.40. The molecule has 0 spiro atoms. The fraction of sp³-hybridized carbons (Fsp3) is 0.778. The van der Waals surface area contributed by atoms with Crippen LogP contribution in [-0.2, 0) is 0 Å². The average molecular weight is 373 g/mol. The lowest BCUT2D eigenvalue weighted by atomic mass is 9.84. The van der Waals surface area contributed by atoms with Crippen molar-refractivity contribution in [1.29, 1.82) is 0 Å². The van der Waals surface area contributed by atoms with Crippen LogP contribution in [0.4, 0.5) is 0 Å². The van der Waals surface area contributed by atoms with E-state index in [1.165, 1.54) is 96.3 Å². The number of rotatable bonds is 17. The van der Waals surface area contributed by atoms with Gasteiger partial charge >= 0.3 is 0 Å². The van der Waals surface area contributed by atoms with Crippen LogP contribution in [0.25, 0.3) is 0 Å². The quantitative estimate of drug-likeness (QED) is 0.239. The normalized spacial score (nSPS) is 12.6. The highest BCUT2D eigenvalue weighted by molar-refractivity contribution is 5.32. The first-order valence-electron chi connectivity index (χ1n) is 12.3. The average Bonchev–Trinajstić information content (AvgIpc) is 2.68. The molecule has 0 aliphatic rings. The van der Waals surface area contributed by atoms with Crippen LogP contribution in [0.15, 0.2) is 24.3 Å². The van der Waals surface area contributed by atoms with Gasteiger partial charge in [-0.25, -0.2) is 0 Å². The second kappa shape index (κ2) is 16.2. The van der Waals surface area contributed by atoms with Gasteiger partial charge in [0.2, 0.25) is 0 Å². The van der Waals surface area contributed by atoms with E-state index in [0.717, 1.165) is 5.92 Å². The Morgan fingerprint density at radius 3 is 1.48 bits per heavy atom. The van der Waals surface area contributed by atoms with Crippen LogP contribution in [0, 0.1) is 0 Å². The SMILES string of the molecule is CCCCCCCCCCCCCCCC(CC)c1ccccc1C(C)C. The molecule has 1 atom stereocenters. The molecule has 0 aromatic heterocycles. The van der Waals surface area contributed by atoms with Crippen molar-refractivity contribution in [2.75, 3.05) is 0 Å². The number of unbranched alkanes of at least 4 members (excludes halogenated alkanes) is 12. The van der Waals surface area contributed by atoms with Crippen molar-refractivity contribution in [3.05, 3.63) is 35.4 Å². The van der Waals surface area contributed by atoms with Crippen molar-refractivity contribution >= 4 is 0 Å². The minimum atomic E-state index is 0.641. The van der Waals surface area contributed by atoms with Crippen LogP contribution in [0.1, 0.15) is 147 Å². The Kier molecular flexibility index (Phi) is 14.6. The molecule has 0 aliphatic carbocycles. The van der Waals surface area contributed by atoms with Crippen molar-refractivity contribution in [1.82, 2.24) is 0 Å².